The highest BCUT2D eigenvalue weighted by molar-refractivity contribution is 5.75. The standard InChI is InChI=1S/C19H28N2O4/c1-4-14-11-21(18(22)5-2)7-6-15(14)20-10-13-8-16(23-3)19-17(9-13)24-12-25-19/h8-9,14-15,20H,4-7,10-12H2,1-3H3/t14-,15+/m1/s1. The summed E-state index contributed by atoms with van der Waals surface area (Å²) in [5, 5.41) is 3.67. The first-order valence-electron chi connectivity index (χ1n) is 9.13. The minimum Gasteiger partial charge on any atom is -0.493 e. The molecule has 1 aromatic carbocycles. The quantitative estimate of drug-likeness (QED) is 0.856. The maximum absolute atomic E-state index is 12.0. The Morgan fingerprint density at radius 2 is 2.20 bits per heavy atom. The number of nitrogens with zero attached hydrogens (tertiary/aromatic N) is 1. The third-order valence-corrected chi connectivity index (χ3v) is 5.20. The van der Waals surface area contributed by atoms with Gasteiger partial charge in [0.25, 0.3) is 0 Å². The summed E-state index contributed by atoms with van der Waals surface area (Å²) in [7, 11) is 1.64. The number of hydrogen-bond acceptors (Lipinski definition) is 5. The first-order valence-corrected chi connectivity index (χ1v) is 9.13. The van der Waals surface area contributed by atoms with Gasteiger partial charge in [-0.1, -0.05) is 20.3 Å². The van der Waals surface area contributed by atoms with E-state index in [1.165, 1.54) is 0 Å². The molecular weight excluding hydrogens is 320 g/mol. The highest BCUT2D eigenvalue weighted by Gasteiger charge is 2.29. The predicted octanol–water partition coefficient (Wildman–Crippen LogP) is 2.55. The van der Waals surface area contributed by atoms with Crippen LogP contribution >= 0.6 is 0 Å². The summed E-state index contributed by atoms with van der Waals surface area (Å²) < 4.78 is 16.3. The van der Waals surface area contributed by atoms with E-state index in [4.69, 9.17) is 14.2 Å². The molecule has 6 nitrogen and oxygen atoms in total. The Bertz CT molecular complexity index is 620. The van der Waals surface area contributed by atoms with Gasteiger partial charge >= 0.3 is 0 Å². The third kappa shape index (κ3) is 3.84. The lowest BCUT2D eigenvalue weighted by Gasteiger charge is -2.38. The number of piperidine rings is 1. The van der Waals surface area contributed by atoms with Gasteiger partial charge < -0.3 is 24.4 Å². The smallest absolute Gasteiger partial charge is 0.231 e. The maximum atomic E-state index is 12.0. The molecule has 0 radical (unpaired) electrons. The normalized spacial score (nSPS) is 22.1. The van der Waals surface area contributed by atoms with Gasteiger partial charge in [-0.2, -0.15) is 0 Å². The van der Waals surface area contributed by atoms with Gasteiger partial charge in [0.1, 0.15) is 0 Å². The molecule has 0 aliphatic carbocycles. The van der Waals surface area contributed by atoms with Gasteiger partial charge in [-0.15, -0.1) is 0 Å². The zero-order chi connectivity index (χ0) is 17.8. The Labute approximate surface area is 149 Å². The summed E-state index contributed by atoms with van der Waals surface area (Å²) in [6, 6.07) is 4.42. The van der Waals surface area contributed by atoms with E-state index < -0.39 is 0 Å². The molecule has 0 bridgehead atoms. The molecule has 1 aromatic rings. The molecule has 0 saturated carbocycles. The minimum absolute atomic E-state index is 0.240. The number of benzene rings is 1. The van der Waals surface area contributed by atoms with Crippen LogP contribution in [0.5, 0.6) is 17.2 Å². The summed E-state index contributed by atoms with van der Waals surface area (Å²) in [4.78, 5) is 14.0. The summed E-state index contributed by atoms with van der Waals surface area (Å²) in [6.07, 6.45) is 2.65. The van der Waals surface area contributed by atoms with Gasteiger partial charge in [-0.05, 0) is 30.0 Å². The molecule has 0 spiro atoms. The molecule has 2 atom stereocenters. The number of amides is 1. The number of methoxy groups -OCH3 is 1. The average molecular weight is 348 g/mol. The minimum atomic E-state index is 0.240. The maximum Gasteiger partial charge on any atom is 0.231 e. The number of ether oxygens (including phenoxy) is 3. The molecule has 1 saturated heterocycles. The molecule has 2 heterocycles. The van der Waals surface area contributed by atoms with Crippen LogP contribution in [0, 0.1) is 5.92 Å². The lowest BCUT2D eigenvalue weighted by atomic mass is 9.89. The summed E-state index contributed by atoms with van der Waals surface area (Å²) in [6.45, 7) is 6.81. The predicted molar refractivity (Wildman–Crippen MR) is 95.0 cm³/mol. The molecule has 1 amide bonds. The molecule has 3 rings (SSSR count). The Kier molecular flexibility index (Phi) is 5.68. The van der Waals surface area contributed by atoms with Gasteiger partial charge in [0.2, 0.25) is 18.4 Å². The topological polar surface area (TPSA) is 60.0 Å². The van der Waals surface area contributed by atoms with Crippen LogP contribution in [0.4, 0.5) is 0 Å². The number of fused-ring (bicyclic) bond motifs is 1. The van der Waals surface area contributed by atoms with E-state index in [0.29, 0.717) is 29.9 Å². The van der Waals surface area contributed by atoms with Gasteiger partial charge in [-0.3, -0.25) is 4.79 Å². The largest absolute Gasteiger partial charge is 0.493 e. The van der Waals surface area contributed by atoms with Crippen molar-refractivity contribution in [3.05, 3.63) is 17.7 Å². The molecule has 0 unspecified atom stereocenters. The van der Waals surface area contributed by atoms with Gasteiger partial charge in [0, 0.05) is 32.1 Å². The fraction of sp³-hybridized carbons (Fsp3) is 0.632. The Morgan fingerprint density at radius 1 is 1.36 bits per heavy atom. The molecule has 138 valence electrons. The molecule has 2 aliphatic heterocycles. The van der Waals surface area contributed by atoms with Crippen molar-refractivity contribution in [2.75, 3.05) is 27.0 Å². The van der Waals surface area contributed by atoms with E-state index in [2.05, 4.69) is 12.2 Å². The Morgan fingerprint density at radius 3 is 2.92 bits per heavy atom. The highest BCUT2D eigenvalue weighted by atomic mass is 16.7. The number of likely N-dealkylation sites (tertiary alicyclic amines) is 1. The van der Waals surface area contributed by atoms with E-state index in [-0.39, 0.29) is 12.7 Å². The van der Waals surface area contributed by atoms with Crippen molar-refractivity contribution in [2.45, 2.75) is 45.7 Å². The number of carbonyl (C=O) groups is 1. The number of rotatable bonds is 6. The zero-order valence-electron chi connectivity index (χ0n) is 15.3. The van der Waals surface area contributed by atoms with Crippen molar-refractivity contribution < 1.29 is 19.0 Å². The van der Waals surface area contributed by atoms with Crippen molar-refractivity contribution in [3.63, 3.8) is 0 Å². The summed E-state index contributed by atoms with van der Waals surface area (Å²) in [5.41, 5.74) is 1.11. The Balaban J connectivity index is 1.62. The van der Waals surface area contributed by atoms with Crippen LogP contribution in [-0.4, -0.2) is 43.8 Å². The molecule has 1 fully saturated rings. The van der Waals surface area contributed by atoms with Crippen molar-refractivity contribution >= 4 is 5.91 Å². The van der Waals surface area contributed by atoms with E-state index >= 15 is 0 Å². The van der Waals surface area contributed by atoms with E-state index in [9.17, 15) is 4.79 Å². The molecule has 6 heteroatoms. The molecule has 2 aliphatic rings. The second kappa shape index (κ2) is 7.95. The average Bonchev–Trinajstić information content (AvgIpc) is 3.13. The van der Waals surface area contributed by atoms with Crippen molar-refractivity contribution in [2.24, 2.45) is 5.92 Å². The lowest BCUT2D eigenvalue weighted by molar-refractivity contribution is -0.133. The highest BCUT2D eigenvalue weighted by Crippen LogP contribution is 2.41. The van der Waals surface area contributed by atoms with Crippen LogP contribution in [0.25, 0.3) is 0 Å². The zero-order valence-corrected chi connectivity index (χ0v) is 15.3. The monoisotopic (exact) mass is 348 g/mol. The van der Waals surface area contributed by atoms with Crippen molar-refractivity contribution in [1.29, 1.82) is 0 Å². The van der Waals surface area contributed by atoms with Crippen LogP contribution in [-0.2, 0) is 11.3 Å². The number of nitrogens with one attached hydrogen (secondary N) is 1. The fourth-order valence-corrected chi connectivity index (χ4v) is 3.70. The Hall–Kier alpha value is -1.95. The van der Waals surface area contributed by atoms with Gasteiger partial charge in [0.05, 0.1) is 7.11 Å². The van der Waals surface area contributed by atoms with Crippen LogP contribution in [0.15, 0.2) is 12.1 Å². The SMILES string of the molecule is CCC(=O)N1CC[C@H](NCc2cc(OC)c3c(c2)OCO3)[C@H](CC)C1. The third-order valence-electron chi connectivity index (χ3n) is 5.20. The molecule has 0 aromatic heterocycles. The van der Waals surface area contributed by atoms with Crippen LogP contribution in [0.3, 0.4) is 0 Å². The van der Waals surface area contributed by atoms with E-state index in [0.717, 1.165) is 43.8 Å². The second-order valence-corrected chi connectivity index (χ2v) is 6.67. The second-order valence-electron chi connectivity index (χ2n) is 6.67. The first kappa shape index (κ1) is 17.9. The lowest BCUT2D eigenvalue weighted by Crippen LogP contribution is -2.50. The van der Waals surface area contributed by atoms with Crippen LogP contribution in [0.1, 0.15) is 38.7 Å². The van der Waals surface area contributed by atoms with Gasteiger partial charge in [-0.25, -0.2) is 0 Å². The van der Waals surface area contributed by atoms with Crippen LogP contribution in [0.2, 0.25) is 0 Å². The van der Waals surface area contributed by atoms with E-state index in [1.54, 1.807) is 7.11 Å². The molecule has 25 heavy (non-hydrogen) atoms. The molecular formula is C19H28N2O4. The summed E-state index contributed by atoms with van der Waals surface area (Å²) >= 11 is 0. The summed E-state index contributed by atoms with van der Waals surface area (Å²) in [5.74, 6) is 2.88. The number of carbonyl (C=O) groups excluding carboxylic acids is 1. The van der Waals surface area contributed by atoms with E-state index in [1.807, 2.05) is 24.0 Å². The van der Waals surface area contributed by atoms with Gasteiger partial charge in [0.15, 0.2) is 11.5 Å². The molecule has 1 N–H and O–H groups in total. The van der Waals surface area contributed by atoms with Crippen molar-refractivity contribution in [1.82, 2.24) is 10.2 Å². The van der Waals surface area contributed by atoms with Crippen LogP contribution < -0.4 is 19.5 Å². The fourth-order valence-electron chi connectivity index (χ4n) is 3.70. The van der Waals surface area contributed by atoms with Crippen molar-refractivity contribution in [3.8, 4) is 17.2 Å². The number of hydrogen-bond donors (Lipinski definition) is 1. The first-order chi connectivity index (χ1) is 12.2.